The van der Waals surface area contributed by atoms with Crippen LogP contribution in [0.15, 0.2) is 24.3 Å². The number of carbonyl (C=O) groups is 2. The van der Waals surface area contributed by atoms with Crippen LogP contribution in [0.4, 0.5) is 10.5 Å². The second-order valence-electron chi connectivity index (χ2n) is 8.30. The predicted molar refractivity (Wildman–Crippen MR) is 108 cm³/mol. The summed E-state index contributed by atoms with van der Waals surface area (Å²) in [5.74, 6) is 1.39. The molecule has 1 aromatic rings. The number of amides is 3. The number of piperidine rings is 1. The minimum absolute atomic E-state index is 0.0662. The maximum atomic E-state index is 12.6. The number of hydrogen-bond donors (Lipinski definition) is 1. The summed E-state index contributed by atoms with van der Waals surface area (Å²) in [5.41, 5.74) is 1.99. The lowest BCUT2D eigenvalue weighted by Crippen LogP contribution is -2.53. The highest BCUT2D eigenvalue weighted by Crippen LogP contribution is 2.21. The molecule has 0 aromatic heterocycles. The molecule has 27 heavy (non-hydrogen) atoms. The third-order valence-electron chi connectivity index (χ3n) is 5.54. The first-order chi connectivity index (χ1) is 12.9. The topological polar surface area (TPSA) is 55.9 Å². The van der Waals surface area contributed by atoms with Crippen molar-refractivity contribution in [2.45, 2.75) is 27.2 Å². The van der Waals surface area contributed by atoms with E-state index < -0.39 is 0 Å². The number of likely N-dealkylation sites (tertiary alicyclic amines) is 1. The van der Waals surface area contributed by atoms with Crippen molar-refractivity contribution < 1.29 is 9.59 Å². The number of piperazine rings is 1. The summed E-state index contributed by atoms with van der Waals surface area (Å²) in [7, 11) is 0. The Labute approximate surface area is 162 Å². The molecule has 6 heteroatoms. The van der Waals surface area contributed by atoms with Gasteiger partial charge < -0.3 is 15.1 Å². The second kappa shape index (κ2) is 8.74. The summed E-state index contributed by atoms with van der Waals surface area (Å²) >= 11 is 0. The van der Waals surface area contributed by atoms with Crippen LogP contribution in [0.5, 0.6) is 0 Å². The molecule has 0 bridgehead atoms. The van der Waals surface area contributed by atoms with E-state index >= 15 is 0 Å². The Bertz CT molecular complexity index is 643. The summed E-state index contributed by atoms with van der Waals surface area (Å²) in [5, 5.41) is 2.95. The average molecular weight is 373 g/mol. The van der Waals surface area contributed by atoms with E-state index in [0.717, 1.165) is 31.9 Å². The first-order valence-electron chi connectivity index (χ1n) is 10.0. The first-order valence-corrected chi connectivity index (χ1v) is 10.0. The van der Waals surface area contributed by atoms with Crippen molar-refractivity contribution in [3.8, 4) is 0 Å². The second-order valence-corrected chi connectivity index (χ2v) is 8.30. The predicted octanol–water partition coefficient (Wildman–Crippen LogP) is 2.65. The standard InChI is InChI=1S/C21H32N4O2/c1-16-4-6-19(7-5-16)22-21(27)24-10-8-23(9-11-24)15-20(26)25-13-17(2)12-18(3)14-25/h4-7,17-18H,8-15H2,1-3H3,(H,22,27)/t17-,18+. The van der Waals surface area contributed by atoms with Crippen LogP contribution in [0.3, 0.4) is 0 Å². The summed E-state index contributed by atoms with van der Waals surface area (Å²) in [6.45, 7) is 11.5. The van der Waals surface area contributed by atoms with Gasteiger partial charge in [0.05, 0.1) is 6.54 Å². The van der Waals surface area contributed by atoms with Crippen LogP contribution in [0.2, 0.25) is 0 Å². The SMILES string of the molecule is Cc1ccc(NC(=O)N2CCN(CC(=O)N3C[C@H](C)C[C@H](C)C3)CC2)cc1. The molecule has 2 heterocycles. The van der Waals surface area contributed by atoms with Gasteiger partial charge in [-0.05, 0) is 37.3 Å². The quantitative estimate of drug-likeness (QED) is 0.887. The maximum absolute atomic E-state index is 12.6. The fourth-order valence-corrected chi connectivity index (χ4v) is 4.11. The number of hydrogen-bond acceptors (Lipinski definition) is 3. The van der Waals surface area contributed by atoms with Crippen molar-refractivity contribution in [2.75, 3.05) is 51.1 Å². The van der Waals surface area contributed by atoms with Gasteiger partial charge in [-0.15, -0.1) is 0 Å². The van der Waals surface area contributed by atoms with Gasteiger partial charge in [-0.1, -0.05) is 31.5 Å². The van der Waals surface area contributed by atoms with Crippen molar-refractivity contribution in [1.82, 2.24) is 14.7 Å². The largest absolute Gasteiger partial charge is 0.341 e. The molecule has 2 fully saturated rings. The fourth-order valence-electron chi connectivity index (χ4n) is 4.11. The van der Waals surface area contributed by atoms with Gasteiger partial charge in [-0.25, -0.2) is 4.79 Å². The van der Waals surface area contributed by atoms with Crippen molar-refractivity contribution in [3.63, 3.8) is 0 Å². The van der Waals surface area contributed by atoms with Gasteiger partial charge in [0, 0.05) is 45.0 Å². The molecule has 0 saturated carbocycles. The number of carbonyl (C=O) groups excluding carboxylic acids is 2. The molecule has 0 unspecified atom stereocenters. The van der Waals surface area contributed by atoms with Crippen molar-refractivity contribution in [1.29, 1.82) is 0 Å². The highest BCUT2D eigenvalue weighted by atomic mass is 16.2. The molecule has 6 nitrogen and oxygen atoms in total. The average Bonchev–Trinajstić information content (AvgIpc) is 2.63. The summed E-state index contributed by atoms with van der Waals surface area (Å²) in [6, 6.07) is 7.75. The van der Waals surface area contributed by atoms with Crippen LogP contribution in [-0.2, 0) is 4.79 Å². The minimum Gasteiger partial charge on any atom is -0.341 e. The lowest BCUT2D eigenvalue weighted by atomic mass is 9.92. The van der Waals surface area contributed by atoms with Crippen molar-refractivity contribution >= 4 is 17.6 Å². The smallest absolute Gasteiger partial charge is 0.321 e. The number of rotatable bonds is 3. The molecular formula is C21H32N4O2. The third kappa shape index (κ3) is 5.45. The number of nitrogens with one attached hydrogen (secondary N) is 1. The van der Waals surface area contributed by atoms with Gasteiger partial charge in [0.2, 0.25) is 5.91 Å². The monoisotopic (exact) mass is 372 g/mol. The molecule has 0 spiro atoms. The zero-order valence-electron chi connectivity index (χ0n) is 16.8. The Kier molecular flexibility index (Phi) is 6.37. The van der Waals surface area contributed by atoms with E-state index in [2.05, 4.69) is 24.1 Å². The summed E-state index contributed by atoms with van der Waals surface area (Å²) in [6.07, 6.45) is 1.21. The molecule has 3 rings (SSSR count). The van der Waals surface area contributed by atoms with Gasteiger partial charge in [0.15, 0.2) is 0 Å². The molecule has 2 aliphatic rings. The molecule has 1 N–H and O–H groups in total. The van der Waals surface area contributed by atoms with E-state index in [1.807, 2.05) is 41.0 Å². The zero-order chi connectivity index (χ0) is 19.4. The Balaban J connectivity index is 1.43. The number of nitrogens with zero attached hydrogens (tertiary/aromatic N) is 3. The highest BCUT2D eigenvalue weighted by Gasteiger charge is 2.28. The normalized spacial score (nSPS) is 24.0. The minimum atomic E-state index is -0.0662. The van der Waals surface area contributed by atoms with Gasteiger partial charge in [0.25, 0.3) is 0 Å². The third-order valence-corrected chi connectivity index (χ3v) is 5.54. The van der Waals surface area contributed by atoms with Crippen LogP contribution in [0.1, 0.15) is 25.8 Å². The van der Waals surface area contributed by atoms with Crippen LogP contribution in [-0.4, -0.2) is 72.5 Å². The van der Waals surface area contributed by atoms with E-state index in [-0.39, 0.29) is 11.9 Å². The first kappa shape index (κ1) is 19.7. The molecular weight excluding hydrogens is 340 g/mol. The Morgan fingerprint density at radius 3 is 2.15 bits per heavy atom. The Morgan fingerprint density at radius 1 is 0.963 bits per heavy atom. The van der Waals surface area contributed by atoms with E-state index in [1.54, 1.807) is 0 Å². The molecule has 0 aliphatic carbocycles. The van der Waals surface area contributed by atoms with Crippen molar-refractivity contribution in [2.24, 2.45) is 11.8 Å². The highest BCUT2D eigenvalue weighted by molar-refractivity contribution is 5.89. The zero-order valence-corrected chi connectivity index (χ0v) is 16.8. The summed E-state index contributed by atoms with van der Waals surface area (Å²) < 4.78 is 0. The molecule has 1 aromatic carbocycles. The lowest BCUT2D eigenvalue weighted by Gasteiger charge is -2.38. The molecule has 0 radical (unpaired) electrons. The van der Waals surface area contributed by atoms with Crippen LogP contribution in [0, 0.1) is 18.8 Å². The van der Waals surface area contributed by atoms with E-state index in [4.69, 9.17) is 0 Å². The Hall–Kier alpha value is -2.08. The van der Waals surface area contributed by atoms with Crippen molar-refractivity contribution in [3.05, 3.63) is 29.8 Å². The molecule has 148 valence electrons. The number of anilines is 1. The number of urea groups is 1. The fraction of sp³-hybridized carbons (Fsp3) is 0.619. The number of benzene rings is 1. The van der Waals surface area contributed by atoms with Crippen LogP contribution < -0.4 is 5.32 Å². The summed E-state index contributed by atoms with van der Waals surface area (Å²) in [4.78, 5) is 31.1. The van der Waals surface area contributed by atoms with E-state index in [1.165, 1.54) is 12.0 Å². The van der Waals surface area contributed by atoms with Gasteiger partial charge in [-0.3, -0.25) is 9.69 Å². The molecule has 3 amide bonds. The molecule has 2 atom stereocenters. The van der Waals surface area contributed by atoms with Gasteiger partial charge in [-0.2, -0.15) is 0 Å². The maximum Gasteiger partial charge on any atom is 0.321 e. The Morgan fingerprint density at radius 2 is 1.56 bits per heavy atom. The van der Waals surface area contributed by atoms with Gasteiger partial charge in [0.1, 0.15) is 0 Å². The number of aryl methyl sites for hydroxylation is 1. The van der Waals surface area contributed by atoms with Crippen LogP contribution >= 0.6 is 0 Å². The van der Waals surface area contributed by atoms with E-state index in [9.17, 15) is 9.59 Å². The molecule has 2 aliphatic heterocycles. The molecule has 2 saturated heterocycles. The van der Waals surface area contributed by atoms with Crippen LogP contribution in [0.25, 0.3) is 0 Å². The lowest BCUT2D eigenvalue weighted by molar-refractivity contribution is -0.135. The van der Waals surface area contributed by atoms with E-state index in [0.29, 0.717) is 31.5 Å². The van der Waals surface area contributed by atoms with Gasteiger partial charge >= 0.3 is 6.03 Å².